The number of nitrogens with two attached hydrogens (primary N) is 1. The van der Waals surface area contributed by atoms with Crippen LogP contribution in [0.25, 0.3) is 0 Å². The van der Waals surface area contributed by atoms with Gasteiger partial charge in [-0.1, -0.05) is 0 Å². The van der Waals surface area contributed by atoms with E-state index in [-0.39, 0.29) is 11.5 Å². The number of anilines is 1. The minimum atomic E-state index is -0.719. The molecule has 0 saturated heterocycles. The standard InChI is InChI=1S/C14H20FN3O2/c1-4-18(5-2)14(20)9(3)17-13(19)11-8-10(16)6-7-12(11)15/h6-9H,4-5,16H2,1-3H3,(H,17,19). The summed E-state index contributed by atoms with van der Waals surface area (Å²) in [4.78, 5) is 25.6. The molecule has 3 N–H and O–H groups in total. The molecular formula is C14H20FN3O2. The Hall–Kier alpha value is -2.11. The van der Waals surface area contributed by atoms with Crippen molar-refractivity contribution < 1.29 is 14.0 Å². The first-order chi connectivity index (χ1) is 9.40. The van der Waals surface area contributed by atoms with Crippen molar-refractivity contribution in [2.24, 2.45) is 0 Å². The van der Waals surface area contributed by atoms with Gasteiger partial charge in [0.25, 0.3) is 5.91 Å². The molecule has 1 rings (SSSR count). The number of nitrogen functional groups attached to an aromatic ring is 1. The Labute approximate surface area is 117 Å². The van der Waals surface area contributed by atoms with Crippen LogP contribution in [0.4, 0.5) is 10.1 Å². The maximum Gasteiger partial charge on any atom is 0.254 e. The van der Waals surface area contributed by atoms with Crippen LogP contribution in [-0.4, -0.2) is 35.8 Å². The number of amides is 2. The first-order valence-electron chi connectivity index (χ1n) is 6.55. The molecule has 0 aliphatic carbocycles. The maximum atomic E-state index is 13.6. The number of nitrogens with one attached hydrogen (secondary N) is 1. The summed E-state index contributed by atoms with van der Waals surface area (Å²) in [7, 11) is 0. The van der Waals surface area contributed by atoms with Gasteiger partial charge in [0.15, 0.2) is 0 Å². The molecule has 0 fully saturated rings. The Balaban J connectivity index is 2.80. The van der Waals surface area contributed by atoms with Gasteiger partial charge < -0.3 is 16.0 Å². The van der Waals surface area contributed by atoms with E-state index in [1.165, 1.54) is 12.1 Å². The van der Waals surface area contributed by atoms with Gasteiger partial charge in [-0.05, 0) is 39.0 Å². The van der Waals surface area contributed by atoms with Gasteiger partial charge >= 0.3 is 0 Å². The van der Waals surface area contributed by atoms with Crippen LogP contribution >= 0.6 is 0 Å². The number of rotatable bonds is 5. The fourth-order valence-electron chi connectivity index (χ4n) is 1.86. The molecule has 1 atom stereocenters. The summed E-state index contributed by atoms with van der Waals surface area (Å²) in [5.74, 6) is -1.52. The van der Waals surface area contributed by atoms with E-state index in [4.69, 9.17) is 5.73 Å². The molecule has 110 valence electrons. The Morgan fingerprint density at radius 3 is 2.50 bits per heavy atom. The van der Waals surface area contributed by atoms with E-state index < -0.39 is 17.8 Å². The van der Waals surface area contributed by atoms with Crippen molar-refractivity contribution in [3.8, 4) is 0 Å². The monoisotopic (exact) mass is 281 g/mol. The smallest absolute Gasteiger partial charge is 0.254 e. The fraction of sp³-hybridized carbons (Fsp3) is 0.429. The highest BCUT2D eigenvalue weighted by molar-refractivity contribution is 5.98. The van der Waals surface area contributed by atoms with E-state index in [0.717, 1.165) is 6.07 Å². The zero-order valence-electron chi connectivity index (χ0n) is 11.9. The molecule has 0 bridgehead atoms. The quantitative estimate of drug-likeness (QED) is 0.801. The molecule has 2 amide bonds. The summed E-state index contributed by atoms with van der Waals surface area (Å²) in [6.07, 6.45) is 0. The van der Waals surface area contributed by atoms with Gasteiger partial charge in [-0.15, -0.1) is 0 Å². The van der Waals surface area contributed by atoms with Crippen LogP contribution in [-0.2, 0) is 4.79 Å². The van der Waals surface area contributed by atoms with Crippen molar-refractivity contribution in [1.29, 1.82) is 0 Å². The largest absolute Gasteiger partial charge is 0.399 e. The van der Waals surface area contributed by atoms with Crippen LogP contribution < -0.4 is 11.1 Å². The summed E-state index contributed by atoms with van der Waals surface area (Å²) < 4.78 is 13.6. The summed E-state index contributed by atoms with van der Waals surface area (Å²) in [5, 5.41) is 2.49. The van der Waals surface area contributed by atoms with Crippen LogP contribution in [0.2, 0.25) is 0 Å². The average Bonchev–Trinajstić information content (AvgIpc) is 2.42. The normalized spacial score (nSPS) is 11.8. The molecule has 6 heteroatoms. The van der Waals surface area contributed by atoms with Gasteiger partial charge in [-0.25, -0.2) is 4.39 Å². The summed E-state index contributed by atoms with van der Waals surface area (Å²) in [6, 6.07) is 3.03. The SMILES string of the molecule is CCN(CC)C(=O)C(C)NC(=O)c1cc(N)ccc1F. The van der Waals surface area contributed by atoms with Crippen molar-refractivity contribution in [1.82, 2.24) is 10.2 Å². The first-order valence-corrected chi connectivity index (χ1v) is 6.55. The third-order valence-electron chi connectivity index (χ3n) is 3.03. The molecule has 1 aromatic rings. The van der Waals surface area contributed by atoms with Crippen LogP contribution in [0, 0.1) is 5.82 Å². The molecule has 0 saturated carbocycles. The third kappa shape index (κ3) is 3.69. The van der Waals surface area contributed by atoms with Crippen molar-refractivity contribution >= 4 is 17.5 Å². The molecule has 0 radical (unpaired) electrons. The van der Waals surface area contributed by atoms with Gasteiger partial charge in [0.2, 0.25) is 5.91 Å². The molecule has 20 heavy (non-hydrogen) atoms. The van der Waals surface area contributed by atoms with E-state index in [0.29, 0.717) is 18.8 Å². The van der Waals surface area contributed by atoms with E-state index in [1.807, 2.05) is 13.8 Å². The predicted octanol–water partition coefficient (Wildman–Crippen LogP) is 1.39. The van der Waals surface area contributed by atoms with E-state index in [1.54, 1.807) is 11.8 Å². The van der Waals surface area contributed by atoms with Crippen molar-refractivity contribution in [2.45, 2.75) is 26.8 Å². The number of carbonyl (C=O) groups excluding carboxylic acids is 2. The number of hydrogen-bond acceptors (Lipinski definition) is 3. The Kier molecular flexibility index (Phi) is 5.49. The molecular weight excluding hydrogens is 261 g/mol. The highest BCUT2D eigenvalue weighted by Crippen LogP contribution is 2.12. The van der Waals surface area contributed by atoms with Gasteiger partial charge in [-0.3, -0.25) is 9.59 Å². The topological polar surface area (TPSA) is 75.4 Å². The second-order valence-corrected chi connectivity index (χ2v) is 4.44. The molecule has 0 aliphatic rings. The molecule has 0 aromatic heterocycles. The van der Waals surface area contributed by atoms with Crippen molar-refractivity contribution in [2.75, 3.05) is 18.8 Å². The van der Waals surface area contributed by atoms with Gasteiger partial charge in [0.05, 0.1) is 5.56 Å². The van der Waals surface area contributed by atoms with Crippen LogP contribution in [0.1, 0.15) is 31.1 Å². The lowest BCUT2D eigenvalue weighted by Crippen LogP contribution is -2.47. The molecule has 0 aliphatic heterocycles. The number of likely N-dealkylation sites (N-methyl/N-ethyl adjacent to an activating group) is 1. The number of halogens is 1. The summed E-state index contributed by atoms with van der Waals surface area (Å²) in [5.41, 5.74) is 5.65. The Morgan fingerprint density at radius 1 is 1.35 bits per heavy atom. The minimum Gasteiger partial charge on any atom is -0.399 e. The minimum absolute atomic E-state index is 0.163. The van der Waals surface area contributed by atoms with Crippen LogP contribution in [0.15, 0.2) is 18.2 Å². The average molecular weight is 281 g/mol. The molecule has 1 aromatic carbocycles. The molecule has 0 heterocycles. The Morgan fingerprint density at radius 2 is 1.95 bits per heavy atom. The van der Waals surface area contributed by atoms with Gasteiger partial charge in [0, 0.05) is 18.8 Å². The molecule has 0 spiro atoms. The van der Waals surface area contributed by atoms with Crippen molar-refractivity contribution in [3.05, 3.63) is 29.6 Å². The zero-order chi connectivity index (χ0) is 15.3. The Bertz CT molecular complexity index is 501. The second-order valence-electron chi connectivity index (χ2n) is 4.44. The van der Waals surface area contributed by atoms with Gasteiger partial charge in [0.1, 0.15) is 11.9 Å². The van der Waals surface area contributed by atoms with Crippen LogP contribution in [0.5, 0.6) is 0 Å². The first kappa shape index (κ1) is 15.9. The number of hydrogen-bond donors (Lipinski definition) is 2. The summed E-state index contributed by atoms with van der Waals surface area (Å²) in [6.45, 7) is 6.40. The number of benzene rings is 1. The lowest BCUT2D eigenvalue weighted by Gasteiger charge is -2.23. The lowest BCUT2D eigenvalue weighted by molar-refractivity contribution is -0.132. The lowest BCUT2D eigenvalue weighted by atomic mass is 10.1. The molecule has 1 unspecified atom stereocenters. The number of nitrogens with zero attached hydrogens (tertiary/aromatic N) is 1. The highest BCUT2D eigenvalue weighted by Gasteiger charge is 2.21. The molecule has 5 nitrogen and oxygen atoms in total. The zero-order valence-corrected chi connectivity index (χ0v) is 11.9. The third-order valence-corrected chi connectivity index (χ3v) is 3.03. The van der Waals surface area contributed by atoms with Gasteiger partial charge in [-0.2, -0.15) is 0 Å². The van der Waals surface area contributed by atoms with Crippen LogP contribution in [0.3, 0.4) is 0 Å². The van der Waals surface area contributed by atoms with E-state index in [2.05, 4.69) is 5.32 Å². The van der Waals surface area contributed by atoms with E-state index >= 15 is 0 Å². The second kappa shape index (κ2) is 6.88. The summed E-state index contributed by atoms with van der Waals surface area (Å²) >= 11 is 0. The highest BCUT2D eigenvalue weighted by atomic mass is 19.1. The van der Waals surface area contributed by atoms with E-state index in [9.17, 15) is 14.0 Å². The number of carbonyl (C=O) groups is 2. The van der Waals surface area contributed by atoms with Crippen molar-refractivity contribution in [3.63, 3.8) is 0 Å². The predicted molar refractivity (Wildman–Crippen MR) is 75.7 cm³/mol. The fourth-order valence-corrected chi connectivity index (χ4v) is 1.86. The maximum absolute atomic E-state index is 13.6.